The second kappa shape index (κ2) is 7.32. The Morgan fingerprint density at radius 2 is 2.00 bits per heavy atom. The molecule has 0 radical (unpaired) electrons. The molecule has 0 saturated heterocycles. The van der Waals surface area contributed by atoms with Crippen LogP contribution in [-0.4, -0.2) is 60.4 Å². The number of carboxylic acid groups (broad SMARTS) is 1. The fourth-order valence-electron chi connectivity index (χ4n) is 0.788. The zero-order valence-electron chi connectivity index (χ0n) is 8.31. The monoisotopic (exact) mass is 234 g/mol. The van der Waals surface area contributed by atoms with Crippen molar-refractivity contribution in [2.24, 2.45) is 0 Å². The molecule has 0 aliphatic rings. The summed E-state index contributed by atoms with van der Waals surface area (Å²) in [5.74, 6) is -3.41. The predicted molar refractivity (Wildman–Crippen MR) is 49.3 cm³/mol. The molecule has 2 N–H and O–H groups in total. The van der Waals surface area contributed by atoms with Crippen LogP contribution in [-0.2, 0) is 19.2 Å². The first kappa shape index (κ1) is 14.0. The van der Waals surface area contributed by atoms with Gasteiger partial charge in [-0.1, -0.05) is 0 Å². The third kappa shape index (κ3) is 5.68. The van der Waals surface area contributed by atoms with E-state index < -0.39 is 37.4 Å². The standard InChI is InChI=1S/C8H11FN2O5/c9-1-2-11(5-12)4-6(13)8(16)10-3-7(14)15/h5H,1-4H2,(H,10,16)(H,14,15). The molecule has 0 bridgehead atoms. The molecule has 0 aromatic carbocycles. The molecule has 0 aromatic rings. The predicted octanol–water partition coefficient (Wildman–Crippen LogP) is -1.82. The summed E-state index contributed by atoms with van der Waals surface area (Å²) in [5, 5.41) is 10.0. The quantitative estimate of drug-likeness (QED) is 0.380. The third-order valence-electron chi connectivity index (χ3n) is 1.52. The summed E-state index contributed by atoms with van der Waals surface area (Å²) in [6, 6.07) is 0. The number of ketones is 1. The number of nitrogens with zero attached hydrogens (tertiary/aromatic N) is 1. The SMILES string of the molecule is O=CN(CCF)CC(=O)C(=O)NCC(=O)O. The fraction of sp³-hybridized carbons (Fsp3) is 0.500. The Hall–Kier alpha value is -1.99. The maximum atomic E-state index is 11.8. The van der Waals surface area contributed by atoms with Gasteiger partial charge in [-0.25, -0.2) is 4.39 Å². The number of alkyl halides is 1. The first-order valence-corrected chi connectivity index (χ1v) is 4.29. The topological polar surface area (TPSA) is 104 Å². The Kier molecular flexibility index (Phi) is 6.41. The van der Waals surface area contributed by atoms with Crippen molar-refractivity contribution in [1.82, 2.24) is 10.2 Å². The molecule has 2 amide bonds. The van der Waals surface area contributed by atoms with Crippen molar-refractivity contribution in [2.75, 3.05) is 26.3 Å². The number of rotatable bonds is 8. The zero-order valence-corrected chi connectivity index (χ0v) is 8.31. The van der Waals surface area contributed by atoms with E-state index in [0.717, 1.165) is 4.90 Å². The molecule has 0 fully saturated rings. The van der Waals surface area contributed by atoms with E-state index >= 15 is 0 Å². The van der Waals surface area contributed by atoms with Gasteiger partial charge in [0.1, 0.15) is 13.2 Å². The molecule has 0 heterocycles. The molecule has 0 saturated carbocycles. The van der Waals surface area contributed by atoms with Crippen LogP contribution in [0.25, 0.3) is 0 Å². The van der Waals surface area contributed by atoms with Crippen molar-refractivity contribution in [2.45, 2.75) is 0 Å². The molecular weight excluding hydrogens is 223 g/mol. The van der Waals surface area contributed by atoms with Crippen molar-refractivity contribution < 1.29 is 28.7 Å². The molecule has 0 spiro atoms. The van der Waals surface area contributed by atoms with E-state index in [2.05, 4.69) is 0 Å². The number of nitrogens with one attached hydrogen (secondary N) is 1. The molecule has 0 rings (SSSR count). The van der Waals surface area contributed by atoms with E-state index in [-0.39, 0.29) is 13.0 Å². The third-order valence-corrected chi connectivity index (χ3v) is 1.52. The molecule has 0 atom stereocenters. The number of hydrogen-bond donors (Lipinski definition) is 2. The number of halogens is 1. The summed E-state index contributed by atoms with van der Waals surface area (Å²) in [6.45, 7) is -2.38. The summed E-state index contributed by atoms with van der Waals surface area (Å²) in [7, 11) is 0. The van der Waals surface area contributed by atoms with Crippen LogP contribution in [0.2, 0.25) is 0 Å². The Balaban J connectivity index is 4.07. The van der Waals surface area contributed by atoms with Crippen molar-refractivity contribution in [1.29, 1.82) is 0 Å². The molecule has 8 heteroatoms. The number of hydrogen-bond acceptors (Lipinski definition) is 4. The van der Waals surface area contributed by atoms with Crippen LogP contribution in [0.3, 0.4) is 0 Å². The van der Waals surface area contributed by atoms with Gasteiger partial charge in [0.25, 0.3) is 5.91 Å². The van der Waals surface area contributed by atoms with Crippen molar-refractivity contribution in [3.63, 3.8) is 0 Å². The summed E-state index contributed by atoms with van der Waals surface area (Å²) < 4.78 is 11.8. The Labute approximate surface area is 90.2 Å². The van der Waals surface area contributed by atoms with Gasteiger partial charge in [-0.3, -0.25) is 19.2 Å². The van der Waals surface area contributed by atoms with Crippen molar-refractivity contribution >= 4 is 24.1 Å². The Bertz CT molecular complexity index is 294. The van der Waals surface area contributed by atoms with Crippen LogP contribution in [0, 0.1) is 0 Å². The van der Waals surface area contributed by atoms with Gasteiger partial charge in [-0.15, -0.1) is 0 Å². The highest BCUT2D eigenvalue weighted by molar-refractivity contribution is 6.37. The van der Waals surface area contributed by atoms with Crippen molar-refractivity contribution in [3.8, 4) is 0 Å². The second-order valence-electron chi connectivity index (χ2n) is 2.76. The molecular formula is C8H11FN2O5. The number of carbonyl (C=O) groups is 4. The normalized spacial score (nSPS) is 9.31. The molecule has 0 aliphatic carbocycles. The molecule has 0 aliphatic heterocycles. The van der Waals surface area contributed by atoms with Crippen LogP contribution in [0.4, 0.5) is 4.39 Å². The maximum absolute atomic E-state index is 11.8. The zero-order chi connectivity index (χ0) is 12.6. The van der Waals surface area contributed by atoms with Gasteiger partial charge in [-0.2, -0.15) is 0 Å². The van der Waals surface area contributed by atoms with Gasteiger partial charge in [0.05, 0.1) is 6.54 Å². The Morgan fingerprint density at radius 3 is 2.44 bits per heavy atom. The Morgan fingerprint density at radius 1 is 1.38 bits per heavy atom. The maximum Gasteiger partial charge on any atom is 0.322 e. The highest BCUT2D eigenvalue weighted by Gasteiger charge is 2.17. The number of aliphatic carboxylic acids is 1. The molecule has 0 unspecified atom stereocenters. The lowest BCUT2D eigenvalue weighted by atomic mass is 10.3. The second-order valence-corrected chi connectivity index (χ2v) is 2.76. The minimum absolute atomic E-state index is 0.238. The van der Waals surface area contributed by atoms with Gasteiger partial charge >= 0.3 is 5.97 Å². The van der Waals surface area contributed by atoms with E-state index in [1.807, 2.05) is 5.32 Å². The minimum Gasteiger partial charge on any atom is -0.480 e. The number of carboxylic acids is 1. The van der Waals surface area contributed by atoms with Gasteiger partial charge in [0, 0.05) is 6.54 Å². The lowest BCUT2D eigenvalue weighted by molar-refractivity contribution is -0.142. The van der Waals surface area contributed by atoms with Crippen LogP contribution in [0.15, 0.2) is 0 Å². The average molecular weight is 234 g/mol. The van der Waals surface area contributed by atoms with Crippen LogP contribution in [0.1, 0.15) is 0 Å². The van der Waals surface area contributed by atoms with Gasteiger partial charge in [0.2, 0.25) is 12.2 Å². The first-order valence-electron chi connectivity index (χ1n) is 4.29. The van der Waals surface area contributed by atoms with E-state index in [0.29, 0.717) is 0 Å². The number of amides is 2. The largest absolute Gasteiger partial charge is 0.480 e. The highest BCUT2D eigenvalue weighted by atomic mass is 19.1. The smallest absolute Gasteiger partial charge is 0.322 e. The van der Waals surface area contributed by atoms with Gasteiger partial charge in [0.15, 0.2) is 0 Å². The molecule has 0 aromatic heterocycles. The van der Waals surface area contributed by atoms with Crippen LogP contribution >= 0.6 is 0 Å². The average Bonchev–Trinajstić information content (AvgIpc) is 2.24. The first-order chi connectivity index (χ1) is 7.51. The summed E-state index contributed by atoms with van der Waals surface area (Å²) >= 11 is 0. The number of carbonyl (C=O) groups excluding carboxylic acids is 3. The minimum atomic E-state index is -1.29. The van der Waals surface area contributed by atoms with Crippen LogP contribution in [0.5, 0.6) is 0 Å². The number of Topliss-reactive ketones (excluding diaryl/α,β-unsaturated/α-hetero) is 1. The molecule has 7 nitrogen and oxygen atoms in total. The molecule has 16 heavy (non-hydrogen) atoms. The van der Waals surface area contributed by atoms with Crippen molar-refractivity contribution in [3.05, 3.63) is 0 Å². The summed E-state index contributed by atoms with van der Waals surface area (Å²) in [6.07, 6.45) is 0.238. The van der Waals surface area contributed by atoms with Crippen LogP contribution < -0.4 is 5.32 Å². The van der Waals surface area contributed by atoms with E-state index in [1.54, 1.807) is 0 Å². The van der Waals surface area contributed by atoms with E-state index in [9.17, 15) is 23.6 Å². The highest BCUT2D eigenvalue weighted by Crippen LogP contribution is 1.85. The summed E-state index contributed by atoms with van der Waals surface area (Å²) in [4.78, 5) is 43.2. The van der Waals surface area contributed by atoms with Gasteiger partial charge < -0.3 is 15.3 Å². The fourth-order valence-corrected chi connectivity index (χ4v) is 0.788. The van der Waals surface area contributed by atoms with Gasteiger partial charge in [-0.05, 0) is 0 Å². The molecule has 90 valence electrons. The van der Waals surface area contributed by atoms with E-state index in [1.165, 1.54) is 0 Å². The lowest BCUT2D eigenvalue weighted by Crippen LogP contribution is -2.41. The lowest BCUT2D eigenvalue weighted by Gasteiger charge is -2.13. The van der Waals surface area contributed by atoms with E-state index in [4.69, 9.17) is 5.11 Å². The summed E-state index contributed by atoms with van der Waals surface area (Å²) in [5.41, 5.74) is 0.